The lowest BCUT2D eigenvalue weighted by Gasteiger charge is -2.09. The van der Waals surface area contributed by atoms with Gasteiger partial charge in [-0.3, -0.25) is 40.9 Å². The van der Waals surface area contributed by atoms with Crippen LogP contribution in [0.15, 0.2) is 72.8 Å². The van der Waals surface area contributed by atoms with Crippen molar-refractivity contribution in [3.05, 3.63) is 105 Å². The number of hydrogen-bond donors (Lipinski definition) is 4. The molecule has 0 aromatic heterocycles. The highest BCUT2D eigenvalue weighted by atomic mass is 35.5. The van der Waals surface area contributed by atoms with Crippen molar-refractivity contribution < 1.29 is 19.2 Å². The molecule has 4 amide bonds. The van der Waals surface area contributed by atoms with Gasteiger partial charge < -0.3 is 0 Å². The second-order valence-corrected chi connectivity index (χ2v) is 8.06. The van der Waals surface area contributed by atoms with Crippen LogP contribution in [0.3, 0.4) is 0 Å². The Morgan fingerprint density at radius 1 is 0.500 bits per heavy atom. The second-order valence-electron chi connectivity index (χ2n) is 7.19. The first-order valence-corrected chi connectivity index (χ1v) is 10.8. The van der Waals surface area contributed by atoms with E-state index in [0.717, 1.165) is 11.1 Å². The zero-order valence-electron chi connectivity index (χ0n) is 17.7. The lowest BCUT2D eigenvalue weighted by Crippen LogP contribution is -2.43. The summed E-state index contributed by atoms with van der Waals surface area (Å²) in [5, 5.41) is 1.13. The molecular formula is C24H20Cl2N4O4. The Balaban J connectivity index is 1.43. The van der Waals surface area contributed by atoms with Gasteiger partial charge in [0.05, 0.1) is 12.8 Å². The molecule has 3 aromatic rings. The van der Waals surface area contributed by atoms with Gasteiger partial charge in [0.25, 0.3) is 11.8 Å². The van der Waals surface area contributed by atoms with Gasteiger partial charge in [0.2, 0.25) is 11.8 Å². The summed E-state index contributed by atoms with van der Waals surface area (Å²) in [6.45, 7) is 0. The van der Waals surface area contributed by atoms with Crippen LogP contribution in [0.2, 0.25) is 10.0 Å². The lowest BCUT2D eigenvalue weighted by molar-refractivity contribution is -0.122. The topological polar surface area (TPSA) is 116 Å². The van der Waals surface area contributed by atoms with E-state index in [1.54, 1.807) is 48.5 Å². The van der Waals surface area contributed by atoms with Crippen LogP contribution in [-0.2, 0) is 22.4 Å². The fraction of sp³-hybridized carbons (Fsp3) is 0.0833. The average Bonchev–Trinajstić information content (AvgIpc) is 2.84. The molecule has 8 nitrogen and oxygen atoms in total. The van der Waals surface area contributed by atoms with Crippen molar-refractivity contribution in [3.63, 3.8) is 0 Å². The minimum absolute atomic E-state index is 0.0697. The predicted octanol–water partition coefficient (Wildman–Crippen LogP) is 3.00. The van der Waals surface area contributed by atoms with E-state index < -0.39 is 23.6 Å². The van der Waals surface area contributed by atoms with E-state index >= 15 is 0 Å². The van der Waals surface area contributed by atoms with Gasteiger partial charge in [0.15, 0.2) is 0 Å². The molecule has 0 radical (unpaired) electrons. The van der Waals surface area contributed by atoms with Crippen molar-refractivity contribution in [2.45, 2.75) is 12.8 Å². The molecule has 0 saturated carbocycles. The number of amides is 4. The van der Waals surface area contributed by atoms with E-state index in [1.165, 1.54) is 24.3 Å². The first-order chi connectivity index (χ1) is 16.3. The molecule has 0 unspecified atom stereocenters. The quantitative estimate of drug-likeness (QED) is 0.390. The Morgan fingerprint density at radius 2 is 0.824 bits per heavy atom. The SMILES string of the molecule is O=C(Cc1ccc(Cl)cc1)NNC(=O)c1ccc(C(=O)NNC(=O)Cc2ccc(Cl)cc2)cc1. The van der Waals surface area contributed by atoms with Crippen molar-refractivity contribution in [2.24, 2.45) is 0 Å². The Morgan fingerprint density at radius 3 is 1.15 bits per heavy atom. The van der Waals surface area contributed by atoms with Crippen LogP contribution in [-0.4, -0.2) is 23.6 Å². The zero-order valence-corrected chi connectivity index (χ0v) is 19.2. The summed E-state index contributed by atoms with van der Waals surface area (Å²) < 4.78 is 0. The molecule has 10 heteroatoms. The number of hydrazine groups is 2. The molecule has 0 bridgehead atoms. The van der Waals surface area contributed by atoms with Gasteiger partial charge in [-0.15, -0.1) is 0 Å². The zero-order chi connectivity index (χ0) is 24.5. The fourth-order valence-electron chi connectivity index (χ4n) is 2.83. The largest absolute Gasteiger partial charge is 0.273 e. The van der Waals surface area contributed by atoms with Crippen LogP contribution >= 0.6 is 23.2 Å². The Bertz CT molecular complexity index is 1090. The van der Waals surface area contributed by atoms with Crippen LogP contribution in [0, 0.1) is 0 Å². The Kier molecular flexibility index (Phi) is 8.61. The average molecular weight is 499 g/mol. The van der Waals surface area contributed by atoms with Crippen LogP contribution in [0.5, 0.6) is 0 Å². The normalized spacial score (nSPS) is 10.2. The van der Waals surface area contributed by atoms with Gasteiger partial charge in [-0.25, -0.2) is 0 Å². The third kappa shape index (κ3) is 7.61. The number of carbonyl (C=O) groups is 4. The maximum absolute atomic E-state index is 12.2. The summed E-state index contributed by atoms with van der Waals surface area (Å²) in [5.74, 6) is -1.90. The van der Waals surface area contributed by atoms with Gasteiger partial charge in [0.1, 0.15) is 0 Å². The van der Waals surface area contributed by atoms with Crippen molar-refractivity contribution in [2.75, 3.05) is 0 Å². The number of rotatable bonds is 6. The molecule has 0 heterocycles. The van der Waals surface area contributed by atoms with E-state index in [9.17, 15) is 19.2 Å². The molecule has 3 rings (SSSR count). The van der Waals surface area contributed by atoms with Crippen molar-refractivity contribution in [1.29, 1.82) is 0 Å². The first kappa shape index (κ1) is 24.8. The second kappa shape index (κ2) is 11.8. The molecule has 0 aliphatic heterocycles. The summed E-state index contributed by atoms with van der Waals surface area (Å²) in [6.07, 6.45) is 0.139. The molecule has 174 valence electrons. The molecular weight excluding hydrogens is 479 g/mol. The van der Waals surface area contributed by atoms with Crippen LogP contribution < -0.4 is 21.7 Å². The molecule has 3 aromatic carbocycles. The third-order valence-electron chi connectivity index (χ3n) is 4.60. The minimum atomic E-state index is -0.548. The molecule has 0 atom stereocenters. The Labute approximate surface area is 205 Å². The highest BCUT2D eigenvalue weighted by Crippen LogP contribution is 2.11. The molecule has 0 aliphatic rings. The number of hydrogen-bond acceptors (Lipinski definition) is 4. The highest BCUT2D eigenvalue weighted by Gasteiger charge is 2.11. The molecule has 0 aliphatic carbocycles. The van der Waals surface area contributed by atoms with Crippen molar-refractivity contribution in [1.82, 2.24) is 21.7 Å². The first-order valence-electron chi connectivity index (χ1n) is 10.1. The highest BCUT2D eigenvalue weighted by molar-refractivity contribution is 6.30. The van der Waals surface area contributed by atoms with E-state index in [1.807, 2.05) is 0 Å². The number of benzene rings is 3. The van der Waals surface area contributed by atoms with E-state index in [2.05, 4.69) is 21.7 Å². The van der Waals surface area contributed by atoms with Gasteiger partial charge in [-0.2, -0.15) is 0 Å². The Hall–Kier alpha value is -3.88. The lowest BCUT2D eigenvalue weighted by atomic mass is 10.1. The predicted molar refractivity (Wildman–Crippen MR) is 128 cm³/mol. The van der Waals surface area contributed by atoms with Gasteiger partial charge in [-0.05, 0) is 59.7 Å². The molecule has 0 saturated heterocycles. The third-order valence-corrected chi connectivity index (χ3v) is 5.10. The van der Waals surface area contributed by atoms with E-state index in [0.29, 0.717) is 10.0 Å². The summed E-state index contributed by atoms with van der Waals surface area (Å²) >= 11 is 11.6. The number of nitrogens with one attached hydrogen (secondary N) is 4. The van der Waals surface area contributed by atoms with Crippen molar-refractivity contribution in [3.8, 4) is 0 Å². The van der Waals surface area contributed by atoms with Crippen LogP contribution in [0.4, 0.5) is 0 Å². The summed E-state index contributed by atoms with van der Waals surface area (Å²) in [4.78, 5) is 48.4. The smallest absolute Gasteiger partial charge is 0.269 e. The fourth-order valence-corrected chi connectivity index (χ4v) is 3.09. The van der Waals surface area contributed by atoms with Gasteiger partial charge in [-0.1, -0.05) is 47.5 Å². The maximum Gasteiger partial charge on any atom is 0.269 e. The maximum atomic E-state index is 12.2. The standard InChI is InChI=1S/C24H20Cl2N4O4/c25-19-9-1-15(2-10-19)13-21(31)27-29-23(33)17-5-7-18(8-6-17)24(34)30-28-22(32)14-16-3-11-20(26)12-4-16/h1-12H,13-14H2,(H,27,31)(H,28,32)(H,29,33)(H,30,34). The molecule has 0 spiro atoms. The van der Waals surface area contributed by atoms with Crippen LogP contribution in [0.1, 0.15) is 31.8 Å². The number of halogens is 2. The van der Waals surface area contributed by atoms with Gasteiger partial charge >= 0.3 is 0 Å². The summed E-state index contributed by atoms with van der Waals surface area (Å²) in [5.41, 5.74) is 11.2. The van der Waals surface area contributed by atoms with E-state index in [-0.39, 0.29) is 24.0 Å². The van der Waals surface area contributed by atoms with Crippen LogP contribution in [0.25, 0.3) is 0 Å². The van der Waals surface area contributed by atoms with E-state index in [4.69, 9.17) is 23.2 Å². The summed E-state index contributed by atoms with van der Waals surface area (Å²) in [6, 6.07) is 19.2. The van der Waals surface area contributed by atoms with Crippen molar-refractivity contribution >= 4 is 46.8 Å². The minimum Gasteiger partial charge on any atom is -0.273 e. The monoisotopic (exact) mass is 498 g/mol. The molecule has 4 N–H and O–H groups in total. The molecule has 0 fully saturated rings. The summed E-state index contributed by atoms with van der Waals surface area (Å²) in [7, 11) is 0. The van der Waals surface area contributed by atoms with Gasteiger partial charge in [0, 0.05) is 21.2 Å². The molecule has 34 heavy (non-hydrogen) atoms. The number of carbonyl (C=O) groups excluding carboxylic acids is 4.